The van der Waals surface area contributed by atoms with Gasteiger partial charge in [-0.25, -0.2) is 0 Å². The third-order valence-corrected chi connectivity index (χ3v) is 4.83. The Bertz CT molecular complexity index is 388. The zero-order valence-electron chi connectivity index (χ0n) is 10.1. The average Bonchev–Trinajstić information content (AvgIpc) is 2.89. The Kier molecular flexibility index (Phi) is 3.57. The molecule has 1 atom stereocenters. The molecular weight excluding hydrogens is 230 g/mol. The van der Waals surface area contributed by atoms with Crippen molar-refractivity contribution in [2.75, 3.05) is 24.7 Å². The second kappa shape index (κ2) is 5.32. The number of rotatable bonds is 3. The van der Waals surface area contributed by atoms with Gasteiger partial charge < -0.3 is 10.1 Å². The predicted octanol–water partition coefficient (Wildman–Crippen LogP) is 2.46. The lowest BCUT2D eigenvalue weighted by molar-refractivity contribution is 0.260. The Balaban J connectivity index is 1.69. The van der Waals surface area contributed by atoms with Crippen molar-refractivity contribution >= 4 is 11.8 Å². The van der Waals surface area contributed by atoms with Crippen molar-refractivity contribution in [1.29, 1.82) is 0 Å². The van der Waals surface area contributed by atoms with E-state index in [0.29, 0.717) is 0 Å². The number of hydrogen-bond acceptors (Lipinski definition) is 3. The third-order valence-electron chi connectivity index (χ3n) is 3.60. The second-order valence-electron chi connectivity index (χ2n) is 4.86. The number of ether oxygens (including phenoxy) is 1. The molecule has 0 bridgehead atoms. The molecule has 1 saturated heterocycles. The molecule has 1 aromatic rings. The van der Waals surface area contributed by atoms with E-state index in [9.17, 15) is 0 Å². The Morgan fingerprint density at radius 2 is 2.41 bits per heavy atom. The molecule has 92 valence electrons. The summed E-state index contributed by atoms with van der Waals surface area (Å²) in [4.78, 5) is 0. The van der Waals surface area contributed by atoms with Gasteiger partial charge in [-0.2, -0.15) is 11.8 Å². The standard InChI is InChI=1S/C14H19NOS/c1-2-12-4-6-15-8-13(12)14(3-1)16-9-11-5-7-17-10-11/h1-3,11,15H,4-10H2. The van der Waals surface area contributed by atoms with Crippen LogP contribution in [-0.4, -0.2) is 24.7 Å². The molecule has 2 nitrogen and oxygen atoms in total. The summed E-state index contributed by atoms with van der Waals surface area (Å²) in [6, 6.07) is 6.48. The molecule has 0 aliphatic carbocycles. The lowest BCUT2D eigenvalue weighted by Gasteiger charge is -2.21. The van der Waals surface area contributed by atoms with Gasteiger partial charge >= 0.3 is 0 Å². The summed E-state index contributed by atoms with van der Waals surface area (Å²) in [5.41, 5.74) is 2.84. The molecule has 0 amide bonds. The van der Waals surface area contributed by atoms with Gasteiger partial charge in [0, 0.05) is 18.0 Å². The number of benzene rings is 1. The van der Waals surface area contributed by atoms with Gasteiger partial charge in [-0.15, -0.1) is 0 Å². The van der Waals surface area contributed by atoms with Crippen molar-refractivity contribution in [3.05, 3.63) is 29.3 Å². The van der Waals surface area contributed by atoms with Crippen molar-refractivity contribution in [2.45, 2.75) is 19.4 Å². The zero-order valence-corrected chi connectivity index (χ0v) is 10.9. The zero-order chi connectivity index (χ0) is 11.5. The molecule has 2 aliphatic heterocycles. The van der Waals surface area contributed by atoms with Gasteiger partial charge in [0.2, 0.25) is 0 Å². The highest BCUT2D eigenvalue weighted by Crippen LogP contribution is 2.28. The molecule has 1 unspecified atom stereocenters. The topological polar surface area (TPSA) is 21.3 Å². The van der Waals surface area contributed by atoms with Gasteiger partial charge in [-0.3, -0.25) is 0 Å². The fourth-order valence-corrected chi connectivity index (χ4v) is 3.80. The van der Waals surface area contributed by atoms with Gasteiger partial charge in [0.05, 0.1) is 6.61 Å². The van der Waals surface area contributed by atoms with E-state index in [4.69, 9.17) is 4.74 Å². The summed E-state index contributed by atoms with van der Waals surface area (Å²) in [6.45, 7) is 2.95. The number of thioether (sulfide) groups is 1. The molecule has 1 aromatic carbocycles. The molecule has 0 spiro atoms. The van der Waals surface area contributed by atoms with E-state index >= 15 is 0 Å². The quantitative estimate of drug-likeness (QED) is 0.889. The summed E-state index contributed by atoms with van der Waals surface area (Å²) < 4.78 is 6.04. The largest absolute Gasteiger partial charge is 0.493 e. The number of fused-ring (bicyclic) bond motifs is 1. The van der Waals surface area contributed by atoms with Crippen LogP contribution >= 0.6 is 11.8 Å². The average molecular weight is 249 g/mol. The summed E-state index contributed by atoms with van der Waals surface area (Å²) in [5.74, 6) is 4.44. The molecule has 1 N–H and O–H groups in total. The van der Waals surface area contributed by atoms with Crippen LogP contribution in [0.5, 0.6) is 5.75 Å². The minimum absolute atomic E-state index is 0.757. The lowest BCUT2D eigenvalue weighted by atomic mass is 10.0. The van der Waals surface area contributed by atoms with Crippen LogP contribution in [0.4, 0.5) is 0 Å². The second-order valence-corrected chi connectivity index (χ2v) is 6.01. The van der Waals surface area contributed by atoms with Gasteiger partial charge in [0.1, 0.15) is 5.75 Å². The fourth-order valence-electron chi connectivity index (χ4n) is 2.54. The Morgan fingerprint density at radius 1 is 1.41 bits per heavy atom. The Labute approximate surface area is 107 Å². The number of hydrogen-bond donors (Lipinski definition) is 1. The molecular formula is C14H19NOS. The van der Waals surface area contributed by atoms with E-state index in [-0.39, 0.29) is 0 Å². The Hall–Kier alpha value is -0.670. The van der Waals surface area contributed by atoms with E-state index in [1.165, 1.54) is 29.1 Å². The first-order chi connectivity index (χ1) is 8.43. The maximum Gasteiger partial charge on any atom is 0.124 e. The van der Waals surface area contributed by atoms with Crippen LogP contribution in [0, 0.1) is 5.92 Å². The van der Waals surface area contributed by atoms with E-state index in [1.54, 1.807) is 0 Å². The van der Waals surface area contributed by atoms with Crippen LogP contribution in [-0.2, 0) is 13.0 Å². The molecule has 0 saturated carbocycles. The maximum atomic E-state index is 6.04. The van der Waals surface area contributed by atoms with E-state index in [2.05, 4.69) is 35.3 Å². The molecule has 3 rings (SSSR count). The van der Waals surface area contributed by atoms with Gasteiger partial charge in [0.15, 0.2) is 0 Å². The van der Waals surface area contributed by atoms with Crippen LogP contribution in [0.2, 0.25) is 0 Å². The van der Waals surface area contributed by atoms with E-state index in [0.717, 1.165) is 37.8 Å². The van der Waals surface area contributed by atoms with Crippen LogP contribution < -0.4 is 10.1 Å². The summed E-state index contributed by atoms with van der Waals surface area (Å²) in [7, 11) is 0. The van der Waals surface area contributed by atoms with Crippen molar-refractivity contribution in [3.63, 3.8) is 0 Å². The van der Waals surface area contributed by atoms with Gasteiger partial charge in [-0.1, -0.05) is 12.1 Å². The fraction of sp³-hybridized carbons (Fsp3) is 0.571. The first kappa shape index (κ1) is 11.4. The highest BCUT2D eigenvalue weighted by molar-refractivity contribution is 7.99. The first-order valence-electron chi connectivity index (χ1n) is 6.45. The summed E-state index contributed by atoms with van der Waals surface area (Å²) in [5, 5.41) is 3.43. The van der Waals surface area contributed by atoms with Gasteiger partial charge in [-0.05, 0) is 42.5 Å². The molecule has 0 radical (unpaired) electrons. The van der Waals surface area contributed by atoms with E-state index in [1.807, 2.05) is 0 Å². The summed E-state index contributed by atoms with van der Waals surface area (Å²) >= 11 is 2.05. The summed E-state index contributed by atoms with van der Waals surface area (Å²) in [6.07, 6.45) is 2.45. The molecule has 2 heterocycles. The van der Waals surface area contributed by atoms with Gasteiger partial charge in [0.25, 0.3) is 0 Å². The van der Waals surface area contributed by atoms with Crippen molar-refractivity contribution in [1.82, 2.24) is 5.32 Å². The SMILES string of the molecule is c1cc2c(c(OCC3CCSC3)c1)CNCC2. The monoisotopic (exact) mass is 249 g/mol. The predicted molar refractivity (Wildman–Crippen MR) is 72.8 cm³/mol. The normalized spacial score (nSPS) is 23.4. The van der Waals surface area contributed by atoms with Crippen molar-refractivity contribution in [2.24, 2.45) is 5.92 Å². The first-order valence-corrected chi connectivity index (χ1v) is 7.61. The van der Waals surface area contributed by atoms with Crippen LogP contribution in [0.1, 0.15) is 17.5 Å². The number of nitrogens with one attached hydrogen (secondary N) is 1. The van der Waals surface area contributed by atoms with Crippen molar-refractivity contribution < 1.29 is 4.74 Å². The maximum absolute atomic E-state index is 6.04. The molecule has 2 aliphatic rings. The highest BCUT2D eigenvalue weighted by atomic mass is 32.2. The van der Waals surface area contributed by atoms with Crippen LogP contribution in [0.15, 0.2) is 18.2 Å². The third kappa shape index (κ3) is 2.61. The van der Waals surface area contributed by atoms with E-state index < -0.39 is 0 Å². The molecule has 17 heavy (non-hydrogen) atoms. The van der Waals surface area contributed by atoms with Crippen LogP contribution in [0.25, 0.3) is 0 Å². The minimum Gasteiger partial charge on any atom is -0.493 e. The Morgan fingerprint density at radius 3 is 3.29 bits per heavy atom. The molecule has 0 aromatic heterocycles. The smallest absolute Gasteiger partial charge is 0.124 e. The molecule has 3 heteroatoms. The minimum atomic E-state index is 0.757. The lowest BCUT2D eigenvalue weighted by Crippen LogP contribution is -2.24. The highest BCUT2D eigenvalue weighted by Gasteiger charge is 2.18. The van der Waals surface area contributed by atoms with Crippen molar-refractivity contribution in [3.8, 4) is 5.75 Å². The van der Waals surface area contributed by atoms with Crippen LogP contribution in [0.3, 0.4) is 0 Å². The molecule has 1 fully saturated rings.